The van der Waals surface area contributed by atoms with Gasteiger partial charge in [-0.05, 0) is 73.8 Å². The van der Waals surface area contributed by atoms with Gasteiger partial charge in [0.25, 0.3) is 0 Å². The van der Waals surface area contributed by atoms with E-state index in [1.807, 2.05) is 18.2 Å². The molecular formula is C22H27NO2. The van der Waals surface area contributed by atoms with Crippen molar-refractivity contribution in [2.75, 3.05) is 6.54 Å². The minimum atomic E-state index is 0.248. The Bertz CT molecular complexity index is 722. The first-order chi connectivity index (χ1) is 12.2. The minimum absolute atomic E-state index is 0.248. The quantitative estimate of drug-likeness (QED) is 0.859. The van der Waals surface area contributed by atoms with Gasteiger partial charge in [0, 0.05) is 24.8 Å². The predicted octanol–water partition coefficient (Wildman–Crippen LogP) is 4.70. The molecule has 0 radical (unpaired) electrons. The summed E-state index contributed by atoms with van der Waals surface area (Å²) in [5.41, 5.74) is 1.26. The smallest absolute Gasteiger partial charge is 0.220 e. The molecule has 1 N–H and O–H groups in total. The van der Waals surface area contributed by atoms with Crippen LogP contribution in [0.4, 0.5) is 0 Å². The standard InChI is InChI=1S/C22H27NO2/c24-21(14-22-11-15-7-16(12-22)9-17(8-15)13-22)23-6-5-19-10-18-3-1-2-4-20(18)25-19/h1-4,10,15-17H,5-9,11-14H2,(H,23,24). The number of hydrogen-bond donors (Lipinski definition) is 1. The lowest BCUT2D eigenvalue weighted by Gasteiger charge is -2.56. The highest BCUT2D eigenvalue weighted by molar-refractivity contribution is 5.78. The maximum Gasteiger partial charge on any atom is 0.220 e. The summed E-state index contributed by atoms with van der Waals surface area (Å²) >= 11 is 0. The second-order valence-electron chi connectivity index (χ2n) is 8.94. The first-order valence-corrected chi connectivity index (χ1v) is 9.92. The Morgan fingerprint density at radius 1 is 1.08 bits per heavy atom. The molecular weight excluding hydrogens is 310 g/mol. The number of hydrogen-bond acceptors (Lipinski definition) is 2. The van der Waals surface area contributed by atoms with Gasteiger partial charge in [-0.2, -0.15) is 0 Å². The number of fused-ring (bicyclic) bond motifs is 1. The number of furan rings is 1. The van der Waals surface area contributed by atoms with Crippen molar-refractivity contribution in [3.63, 3.8) is 0 Å². The van der Waals surface area contributed by atoms with Crippen LogP contribution in [0.15, 0.2) is 34.7 Å². The highest BCUT2D eigenvalue weighted by atomic mass is 16.3. The van der Waals surface area contributed by atoms with Crippen molar-refractivity contribution in [1.82, 2.24) is 5.32 Å². The van der Waals surface area contributed by atoms with E-state index in [1.165, 1.54) is 38.5 Å². The van der Waals surface area contributed by atoms with Gasteiger partial charge in [-0.3, -0.25) is 4.79 Å². The fourth-order valence-corrected chi connectivity index (χ4v) is 6.39. The summed E-state index contributed by atoms with van der Waals surface area (Å²) in [7, 11) is 0. The highest BCUT2D eigenvalue weighted by Gasteiger charge is 2.51. The zero-order chi connectivity index (χ0) is 16.9. The molecule has 6 rings (SSSR count). The number of carbonyl (C=O) groups is 1. The Hall–Kier alpha value is -1.77. The summed E-state index contributed by atoms with van der Waals surface area (Å²) in [6.45, 7) is 0.672. The van der Waals surface area contributed by atoms with E-state index in [2.05, 4.69) is 17.4 Å². The van der Waals surface area contributed by atoms with E-state index < -0.39 is 0 Å². The highest BCUT2D eigenvalue weighted by Crippen LogP contribution is 2.61. The lowest BCUT2D eigenvalue weighted by atomic mass is 9.49. The van der Waals surface area contributed by atoms with Crippen molar-refractivity contribution in [3.8, 4) is 0 Å². The van der Waals surface area contributed by atoms with Crippen LogP contribution in [0.5, 0.6) is 0 Å². The molecule has 3 heteroatoms. The lowest BCUT2D eigenvalue weighted by molar-refractivity contribution is -0.129. The summed E-state index contributed by atoms with van der Waals surface area (Å²) in [5, 5.41) is 4.29. The number of amides is 1. The molecule has 4 aliphatic carbocycles. The van der Waals surface area contributed by atoms with Crippen molar-refractivity contribution < 1.29 is 9.21 Å². The largest absolute Gasteiger partial charge is 0.461 e. The Morgan fingerprint density at radius 2 is 1.76 bits per heavy atom. The number of rotatable bonds is 5. The molecule has 4 saturated carbocycles. The van der Waals surface area contributed by atoms with Crippen LogP contribution < -0.4 is 5.32 Å². The molecule has 0 spiro atoms. The zero-order valence-corrected chi connectivity index (χ0v) is 14.8. The number of para-hydroxylation sites is 1. The van der Waals surface area contributed by atoms with Gasteiger partial charge in [-0.15, -0.1) is 0 Å². The van der Waals surface area contributed by atoms with Crippen LogP contribution in [-0.2, 0) is 11.2 Å². The van der Waals surface area contributed by atoms with Crippen LogP contribution in [0, 0.1) is 23.2 Å². The summed E-state index contributed by atoms with van der Waals surface area (Å²) in [5.74, 6) is 3.94. The molecule has 4 fully saturated rings. The number of nitrogens with one attached hydrogen (secondary N) is 1. The molecule has 1 heterocycles. The van der Waals surface area contributed by atoms with Gasteiger partial charge in [0.05, 0.1) is 0 Å². The second-order valence-corrected chi connectivity index (χ2v) is 8.94. The van der Waals surface area contributed by atoms with Gasteiger partial charge in [-0.1, -0.05) is 18.2 Å². The SMILES string of the molecule is O=C(CC12CC3CC(CC(C3)C1)C2)NCCc1cc2ccccc2o1. The molecule has 0 unspecified atom stereocenters. The molecule has 1 aromatic carbocycles. The van der Waals surface area contributed by atoms with Crippen LogP contribution in [0.3, 0.4) is 0 Å². The predicted molar refractivity (Wildman–Crippen MR) is 98.1 cm³/mol. The molecule has 3 nitrogen and oxygen atoms in total. The van der Waals surface area contributed by atoms with E-state index in [-0.39, 0.29) is 5.91 Å². The average Bonchev–Trinajstić information content (AvgIpc) is 2.95. The molecule has 25 heavy (non-hydrogen) atoms. The third-order valence-electron chi connectivity index (χ3n) is 6.87. The third-order valence-corrected chi connectivity index (χ3v) is 6.87. The third kappa shape index (κ3) is 2.98. The monoisotopic (exact) mass is 337 g/mol. The van der Waals surface area contributed by atoms with Gasteiger partial charge in [0.15, 0.2) is 0 Å². The van der Waals surface area contributed by atoms with Crippen molar-refractivity contribution in [1.29, 1.82) is 0 Å². The second kappa shape index (κ2) is 5.89. The molecule has 0 saturated heterocycles. The summed E-state index contributed by atoms with van der Waals surface area (Å²) in [6, 6.07) is 10.1. The van der Waals surface area contributed by atoms with Crippen molar-refractivity contribution in [3.05, 3.63) is 36.1 Å². The molecule has 4 aliphatic rings. The van der Waals surface area contributed by atoms with Gasteiger partial charge in [0.1, 0.15) is 11.3 Å². The maximum absolute atomic E-state index is 12.5. The van der Waals surface area contributed by atoms with Crippen LogP contribution in [0.25, 0.3) is 11.0 Å². The Kier molecular flexibility index (Phi) is 3.65. The van der Waals surface area contributed by atoms with E-state index in [0.29, 0.717) is 12.0 Å². The average molecular weight is 337 g/mol. The van der Waals surface area contributed by atoms with Gasteiger partial charge in [0.2, 0.25) is 5.91 Å². The van der Waals surface area contributed by atoms with Crippen LogP contribution in [0.1, 0.15) is 50.7 Å². The summed E-state index contributed by atoms with van der Waals surface area (Å²) in [6.07, 6.45) is 9.73. The lowest BCUT2D eigenvalue weighted by Crippen LogP contribution is -2.48. The summed E-state index contributed by atoms with van der Waals surface area (Å²) in [4.78, 5) is 12.5. The molecule has 4 bridgehead atoms. The van der Waals surface area contributed by atoms with E-state index in [0.717, 1.165) is 47.3 Å². The van der Waals surface area contributed by atoms with E-state index in [9.17, 15) is 4.79 Å². The Morgan fingerprint density at radius 3 is 2.44 bits per heavy atom. The fraction of sp³-hybridized carbons (Fsp3) is 0.591. The molecule has 0 aliphatic heterocycles. The van der Waals surface area contributed by atoms with Gasteiger partial charge in [-0.25, -0.2) is 0 Å². The zero-order valence-electron chi connectivity index (χ0n) is 14.8. The van der Waals surface area contributed by atoms with Crippen LogP contribution in [0.2, 0.25) is 0 Å². The summed E-state index contributed by atoms with van der Waals surface area (Å²) < 4.78 is 5.83. The van der Waals surface area contributed by atoms with Crippen molar-refractivity contribution in [2.45, 2.75) is 51.4 Å². The fourth-order valence-electron chi connectivity index (χ4n) is 6.39. The van der Waals surface area contributed by atoms with E-state index in [1.54, 1.807) is 0 Å². The van der Waals surface area contributed by atoms with E-state index >= 15 is 0 Å². The molecule has 0 atom stereocenters. The maximum atomic E-state index is 12.5. The Labute approximate surface area is 149 Å². The van der Waals surface area contributed by atoms with Crippen molar-refractivity contribution in [2.24, 2.45) is 23.2 Å². The molecule has 1 aromatic heterocycles. The minimum Gasteiger partial charge on any atom is -0.461 e. The topological polar surface area (TPSA) is 42.2 Å². The van der Waals surface area contributed by atoms with Crippen molar-refractivity contribution >= 4 is 16.9 Å². The molecule has 2 aromatic rings. The normalized spacial score (nSPS) is 33.0. The first kappa shape index (κ1) is 15.5. The Balaban J connectivity index is 1.16. The number of benzene rings is 1. The van der Waals surface area contributed by atoms with Crippen LogP contribution >= 0.6 is 0 Å². The molecule has 1 amide bonds. The first-order valence-electron chi connectivity index (χ1n) is 9.92. The van der Waals surface area contributed by atoms with Gasteiger partial charge < -0.3 is 9.73 Å². The van der Waals surface area contributed by atoms with E-state index in [4.69, 9.17) is 4.42 Å². The number of carbonyl (C=O) groups excluding carboxylic acids is 1. The van der Waals surface area contributed by atoms with Crippen LogP contribution in [-0.4, -0.2) is 12.5 Å². The molecule has 132 valence electrons. The van der Waals surface area contributed by atoms with Gasteiger partial charge >= 0.3 is 0 Å².